The highest BCUT2D eigenvalue weighted by Gasteiger charge is 2.17. The van der Waals surface area contributed by atoms with Gasteiger partial charge in [-0.2, -0.15) is 5.10 Å². The number of nitrogens with zero attached hydrogens (tertiary/aromatic N) is 2. The van der Waals surface area contributed by atoms with E-state index in [4.69, 9.17) is 13.9 Å². The highest BCUT2D eigenvalue weighted by Crippen LogP contribution is 2.20. The van der Waals surface area contributed by atoms with E-state index in [9.17, 15) is 14.4 Å². The number of carbonyl (C=O) groups is 3. The van der Waals surface area contributed by atoms with Gasteiger partial charge in [0.2, 0.25) is 0 Å². The molecule has 3 rings (SSSR count). The Balaban J connectivity index is 1.67. The van der Waals surface area contributed by atoms with E-state index in [0.29, 0.717) is 35.5 Å². The number of aromatic nitrogens is 2. The average Bonchev–Trinajstić information content (AvgIpc) is 3.33. The van der Waals surface area contributed by atoms with Crippen LogP contribution in [0.3, 0.4) is 0 Å². The Hall–Kier alpha value is -3.88. The number of hydrogen-bond acceptors (Lipinski definition) is 7. The van der Waals surface area contributed by atoms with E-state index in [2.05, 4.69) is 10.4 Å². The van der Waals surface area contributed by atoms with Gasteiger partial charge in [-0.3, -0.25) is 9.59 Å². The number of hydrogen-bond donors (Lipinski definition) is 1. The minimum Gasteiger partial charge on any atom is -0.469 e. The van der Waals surface area contributed by atoms with Crippen LogP contribution < -0.4 is 5.32 Å². The lowest BCUT2D eigenvalue weighted by Gasteiger charge is -2.08. The van der Waals surface area contributed by atoms with Crippen LogP contribution in [0.5, 0.6) is 0 Å². The van der Waals surface area contributed by atoms with Gasteiger partial charge >= 0.3 is 11.9 Å². The third kappa shape index (κ3) is 5.31. The molecule has 1 amide bonds. The molecule has 0 saturated carbocycles. The van der Waals surface area contributed by atoms with Gasteiger partial charge in [0.15, 0.2) is 0 Å². The van der Waals surface area contributed by atoms with Crippen LogP contribution in [-0.4, -0.2) is 41.8 Å². The van der Waals surface area contributed by atoms with Gasteiger partial charge in [-0.25, -0.2) is 9.48 Å². The topological polar surface area (TPSA) is 113 Å². The Morgan fingerprint density at radius 1 is 1.06 bits per heavy atom. The number of nitrogens with one attached hydrogen (secondary N) is 1. The molecular formula is C24H27N3O6. The first-order chi connectivity index (χ1) is 15.7. The van der Waals surface area contributed by atoms with Crippen molar-refractivity contribution in [2.24, 2.45) is 0 Å². The first-order valence-corrected chi connectivity index (χ1v) is 10.4. The van der Waals surface area contributed by atoms with Crippen molar-refractivity contribution in [1.82, 2.24) is 15.1 Å². The summed E-state index contributed by atoms with van der Waals surface area (Å²) in [6.07, 6.45) is 0.841. The summed E-state index contributed by atoms with van der Waals surface area (Å²) in [4.78, 5) is 35.7. The van der Waals surface area contributed by atoms with Gasteiger partial charge in [-0.1, -0.05) is 0 Å². The van der Waals surface area contributed by atoms with E-state index < -0.39 is 5.97 Å². The van der Waals surface area contributed by atoms with Crippen molar-refractivity contribution in [2.45, 2.75) is 40.2 Å². The van der Waals surface area contributed by atoms with Crippen molar-refractivity contribution in [3.8, 4) is 5.69 Å². The summed E-state index contributed by atoms with van der Waals surface area (Å²) in [5.74, 6) is -0.126. The molecule has 33 heavy (non-hydrogen) atoms. The summed E-state index contributed by atoms with van der Waals surface area (Å²) < 4.78 is 16.7. The lowest BCUT2D eigenvalue weighted by atomic mass is 10.1. The molecule has 2 heterocycles. The SMILES string of the molecule is COC(=O)CCc1c(C)nn(-c2ccc(C(=O)NCc3cc(C(=O)OC)c(C)o3)cc2)c1C. The van der Waals surface area contributed by atoms with Crippen molar-refractivity contribution < 1.29 is 28.3 Å². The van der Waals surface area contributed by atoms with E-state index in [0.717, 1.165) is 22.6 Å². The molecule has 0 fully saturated rings. The molecule has 0 unspecified atom stereocenters. The Kier molecular flexibility index (Phi) is 7.32. The second kappa shape index (κ2) is 10.2. The third-order valence-electron chi connectivity index (χ3n) is 5.42. The van der Waals surface area contributed by atoms with Crippen LogP contribution in [0.1, 0.15) is 55.6 Å². The van der Waals surface area contributed by atoms with Crippen molar-refractivity contribution in [1.29, 1.82) is 0 Å². The summed E-state index contributed by atoms with van der Waals surface area (Å²) in [6.45, 7) is 5.65. The maximum absolute atomic E-state index is 12.5. The van der Waals surface area contributed by atoms with E-state index in [1.165, 1.54) is 14.2 Å². The molecule has 0 saturated heterocycles. The largest absolute Gasteiger partial charge is 0.469 e. The molecule has 0 atom stereocenters. The van der Waals surface area contributed by atoms with Gasteiger partial charge in [0, 0.05) is 17.7 Å². The molecule has 9 heteroatoms. The maximum Gasteiger partial charge on any atom is 0.341 e. The van der Waals surface area contributed by atoms with Crippen LogP contribution in [0, 0.1) is 20.8 Å². The molecule has 2 aromatic heterocycles. The fraction of sp³-hybridized carbons (Fsp3) is 0.333. The molecule has 1 N–H and O–H groups in total. The lowest BCUT2D eigenvalue weighted by Crippen LogP contribution is -2.22. The number of furan rings is 1. The summed E-state index contributed by atoms with van der Waals surface area (Å²) in [6, 6.07) is 8.60. The van der Waals surface area contributed by atoms with Crippen molar-refractivity contribution in [3.05, 3.63) is 69.9 Å². The van der Waals surface area contributed by atoms with Crippen molar-refractivity contribution in [3.63, 3.8) is 0 Å². The third-order valence-corrected chi connectivity index (χ3v) is 5.42. The smallest absolute Gasteiger partial charge is 0.341 e. The summed E-state index contributed by atoms with van der Waals surface area (Å²) in [7, 11) is 2.67. The zero-order valence-electron chi connectivity index (χ0n) is 19.4. The zero-order valence-corrected chi connectivity index (χ0v) is 19.4. The fourth-order valence-electron chi connectivity index (χ4n) is 3.58. The number of carbonyl (C=O) groups excluding carboxylic acids is 3. The van der Waals surface area contributed by atoms with E-state index in [1.54, 1.807) is 29.8 Å². The van der Waals surface area contributed by atoms with Gasteiger partial charge < -0.3 is 19.2 Å². The minimum absolute atomic E-state index is 0.138. The molecule has 0 aliphatic carbocycles. The van der Waals surface area contributed by atoms with Crippen LogP contribution in [0.2, 0.25) is 0 Å². The minimum atomic E-state index is -0.484. The van der Waals surface area contributed by atoms with Crippen molar-refractivity contribution >= 4 is 17.8 Å². The normalized spacial score (nSPS) is 10.7. The van der Waals surface area contributed by atoms with Gasteiger partial charge in [-0.15, -0.1) is 0 Å². The number of rotatable bonds is 8. The Bertz CT molecular complexity index is 1170. The first kappa shape index (κ1) is 23.8. The molecule has 9 nitrogen and oxygen atoms in total. The van der Waals surface area contributed by atoms with Gasteiger partial charge in [0.1, 0.15) is 17.1 Å². The molecule has 0 aliphatic rings. The van der Waals surface area contributed by atoms with Crippen LogP contribution in [-0.2, 0) is 27.2 Å². The first-order valence-electron chi connectivity index (χ1n) is 10.4. The number of amides is 1. The zero-order chi connectivity index (χ0) is 24.1. The van der Waals surface area contributed by atoms with Gasteiger partial charge in [-0.05, 0) is 63.1 Å². The van der Waals surface area contributed by atoms with Crippen molar-refractivity contribution in [2.75, 3.05) is 14.2 Å². The lowest BCUT2D eigenvalue weighted by molar-refractivity contribution is -0.140. The van der Waals surface area contributed by atoms with Crippen LogP contribution in [0.25, 0.3) is 5.69 Å². The van der Waals surface area contributed by atoms with Crippen LogP contribution in [0.15, 0.2) is 34.7 Å². The van der Waals surface area contributed by atoms with Crippen LogP contribution >= 0.6 is 0 Å². The fourth-order valence-corrected chi connectivity index (χ4v) is 3.58. The highest BCUT2D eigenvalue weighted by atomic mass is 16.5. The van der Waals surface area contributed by atoms with Gasteiger partial charge in [0.05, 0.1) is 32.1 Å². The number of aryl methyl sites for hydroxylation is 2. The van der Waals surface area contributed by atoms with E-state index in [-0.39, 0.29) is 18.4 Å². The van der Waals surface area contributed by atoms with Gasteiger partial charge in [0.25, 0.3) is 5.91 Å². The highest BCUT2D eigenvalue weighted by molar-refractivity contribution is 5.94. The Morgan fingerprint density at radius 2 is 1.76 bits per heavy atom. The standard InChI is InChI=1S/C24H27N3O6/c1-14-20(10-11-22(28)31-4)15(2)27(26-14)18-8-6-17(7-9-18)23(29)25-13-19-12-21(16(3)33-19)24(30)32-5/h6-9,12H,10-11,13H2,1-5H3,(H,25,29). The van der Waals surface area contributed by atoms with E-state index >= 15 is 0 Å². The molecule has 1 aromatic carbocycles. The average molecular weight is 453 g/mol. The number of ether oxygens (including phenoxy) is 2. The Morgan fingerprint density at radius 3 is 2.39 bits per heavy atom. The second-order valence-corrected chi connectivity index (χ2v) is 7.54. The second-order valence-electron chi connectivity index (χ2n) is 7.54. The number of benzene rings is 1. The summed E-state index contributed by atoms with van der Waals surface area (Å²) in [5, 5.41) is 7.36. The van der Waals surface area contributed by atoms with E-state index in [1.807, 2.05) is 26.0 Å². The molecule has 3 aromatic rings. The predicted octanol–water partition coefficient (Wildman–Crippen LogP) is 3.21. The molecule has 174 valence electrons. The Labute approximate surface area is 191 Å². The monoisotopic (exact) mass is 453 g/mol. The van der Waals surface area contributed by atoms with Crippen LogP contribution in [0.4, 0.5) is 0 Å². The summed E-state index contributed by atoms with van der Waals surface area (Å²) >= 11 is 0. The molecule has 0 radical (unpaired) electrons. The predicted molar refractivity (Wildman–Crippen MR) is 119 cm³/mol. The maximum atomic E-state index is 12.5. The molecule has 0 aliphatic heterocycles. The quantitative estimate of drug-likeness (QED) is 0.521. The molecule has 0 spiro atoms. The number of esters is 2. The number of methoxy groups -OCH3 is 2. The summed E-state index contributed by atoms with van der Waals surface area (Å²) in [5.41, 5.74) is 4.40. The molecular weight excluding hydrogens is 426 g/mol. The molecule has 0 bridgehead atoms.